The van der Waals surface area contributed by atoms with Crippen LogP contribution in [0.25, 0.3) is 0 Å². The van der Waals surface area contributed by atoms with E-state index in [1.165, 1.54) is 41.0 Å². The maximum atomic E-state index is 12.5. The van der Waals surface area contributed by atoms with Crippen LogP contribution >= 0.6 is 23.5 Å². The van der Waals surface area contributed by atoms with E-state index in [4.69, 9.17) is 0 Å². The van der Waals surface area contributed by atoms with E-state index in [2.05, 4.69) is 23.5 Å². The van der Waals surface area contributed by atoms with E-state index in [9.17, 15) is 9.59 Å². The van der Waals surface area contributed by atoms with Crippen LogP contribution in [0.4, 0.5) is 5.69 Å². The summed E-state index contributed by atoms with van der Waals surface area (Å²) in [6.45, 7) is 0. The first-order valence-corrected chi connectivity index (χ1v) is 12.1. The normalized spacial score (nSPS) is 16.6. The molecule has 0 spiro atoms. The summed E-state index contributed by atoms with van der Waals surface area (Å²) in [6, 6.07) is 14.1. The third-order valence-corrected chi connectivity index (χ3v) is 8.42. The van der Waals surface area contributed by atoms with E-state index >= 15 is 0 Å². The molecule has 1 N–H and O–H groups in total. The van der Waals surface area contributed by atoms with Crippen molar-refractivity contribution in [2.24, 2.45) is 0 Å². The number of rotatable bonds is 6. The van der Waals surface area contributed by atoms with Crippen LogP contribution in [0.1, 0.15) is 57.3 Å². The van der Waals surface area contributed by atoms with Gasteiger partial charge in [0, 0.05) is 35.6 Å². The van der Waals surface area contributed by atoms with E-state index in [1.807, 2.05) is 47.8 Å². The molecule has 28 heavy (non-hydrogen) atoms. The second-order valence-electron chi connectivity index (χ2n) is 7.36. The number of ketones is 1. The number of Topliss-reactive ketones (excluding diaryl/α,β-unsaturated/α-hetero) is 1. The summed E-state index contributed by atoms with van der Waals surface area (Å²) in [5, 5.41) is 2.95. The topological polar surface area (TPSA) is 46.2 Å². The summed E-state index contributed by atoms with van der Waals surface area (Å²) < 4.78 is 0.461. The molecule has 2 aromatic carbocycles. The van der Waals surface area contributed by atoms with E-state index in [0.29, 0.717) is 4.58 Å². The van der Waals surface area contributed by atoms with Crippen molar-refractivity contribution in [2.45, 2.75) is 43.1 Å². The fourth-order valence-corrected chi connectivity index (χ4v) is 6.65. The lowest BCUT2D eigenvalue weighted by atomic mass is 9.89. The van der Waals surface area contributed by atoms with Crippen molar-refractivity contribution in [3.8, 4) is 0 Å². The smallest absolute Gasteiger partial charge is 0.224 e. The highest BCUT2D eigenvalue weighted by atomic mass is 32.2. The number of carbonyl (C=O) groups is 2. The molecular formula is C23H25NO2S2. The Morgan fingerprint density at radius 1 is 0.929 bits per heavy atom. The highest BCUT2D eigenvalue weighted by Gasteiger charge is 2.19. The molecule has 1 aliphatic carbocycles. The first kappa shape index (κ1) is 19.6. The number of aryl methyl sites for hydroxylation is 2. The third-order valence-electron chi connectivity index (χ3n) is 5.31. The number of hydrogen-bond donors (Lipinski definition) is 1. The van der Waals surface area contributed by atoms with Crippen molar-refractivity contribution < 1.29 is 9.59 Å². The Hall–Kier alpha value is -1.72. The third kappa shape index (κ3) is 4.81. The first-order chi connectivity index (χ1) is 13.7. The Balaban J connectivity index is 1.32. The number of nitrogens with one attached hydrogen (secondary N) is 1. The Bertz CT molecular complexity index is 875. The highest BCUT2D eigenvalue weighted by Crippen LogP contribution is 2.45. The standard InChI is InChI=1S/C23H25NO2S2/c25-21(18-9-8-16-4-1-2-5-17(16)14-18)10-11-22(26)24-20-7-3-6-19(15-20)23-27-12-13-28-23/h3,6-9,14-15,23H,1-2,4-5,10-13H2,(H,24,26). The lowest BCUT2D eigenvalue weighted by molar-refractivity contribution is -0.116. The molecule has 4 rings (SSSR count). The molecule has 0 bridgehead atoms. The minimum atomic E-state index is -0.102. The van der Waals surface area contributed by atoms with Crippen molar-refractivity contribution in [3.05, 3.63) is 64.7 Å². The van der Waals surface area contributed by atoms with E-state index in [-0.39, 0.29) is 24.5 Å². The van der Waals surface area contributed by atoms with Gasteiger partial charge < -0.3 is 5.32 Å². The Kier molecular flexibility index (Phi) is 6.43. The van der Waals surface area contributed by atoms with Crippen LogP contribution in [0.3, 0.4) is 0 Å². The van der Waals surface area contributed by atoms with E-state index in [0.717, 1.165) is 24.1 Å². The molecule has 5 heteroatoms. The SMILES string of the molecule is O=C(CCC(=O)c1ccc2c(c1)CCCC2)Nc1cccc(C2SCCS2)c1. The van der Waals surface area contributed by atoms with Crippen LogP contribution < -0.4 is 5.32 Å². The highest BCUT2D eigenvalue weighted by molar-refractivity contribution is 8.19. The molecule has 0 unspecified atom stereocenters. The lowest BCUT2D eigenvalue weighted by Gasteiger charge is -2.16. The quantitative estimate of drug-likeness (QED) is 0.624. The van der Waals surface area contributed by atoms with Crippen LogP contribution in [0.5, 0.6) is 0 Å². The van der Waals surface area contributed by atoms with Crippen molar-refractivity contribution in [1.29, 1.82) is 0 Å². The van der Waals surface area contributed by atoms with Crippen LogP contribution in [0.15, 0.2) is 42.5 Å². The zero-order chi connectivity index (χ0) is 19.3. The minimum absolute atomic E-state index is 0.0519. The summed E-state index contributed by atoms with van der Waals surface area (Å²) in [7, 11) is 0. The molecule has 1 fully saturated rings. The molecule has 0 radical (unpaired) electrons. The number of hydrogen-bond acceptors (Lipinski definition) is 4. The molecule has 2 aliphatic rings. The molecule has 1 saturated heterocycles. The van der Waals surface area contributed by atoms with E-state index in [1.54, 1.807) is 0 Å². The Morgan fingerprint density at radius 3 is 2.54 bits per heavy atom. The summed E-state index contributed by atoms with van der Waals surface area (Å²) >= 11 is 3.90. The number of anilines is 1. The molecule has 146 valence electrons. The zero-order valence-corrected chi connectivity index (χ0v) is 17.5. The molecule has 1 aliphatic heterocycles. The fraction of sp³-hybridized carbons (Fsp3) is 0.391. The monoisotopic (exact) mass is 411 g/mol. The van der Waals surface area contributed by atoms with Gasteiger partial charge in [-0.25, -0.2) is 0 Å². The van der Waals surface area contributed by atoms with Gasteiger partial charge in [0.1, 0.15) is 0 Å². The van der Waals surface area contributed by atoms with Crippen LogP contribution in [-0.4, -0.2) is 23.2 Å². The average molecular weight is 412 g/mol. The largest absolute Gasteiger partial charge is 0.326 e. The fourth-order valence-electron chi connectivity index (χ4n) is 3.82. The van der Waals surface area contributed by atoms with Crippen LogP contribution in [0, 0.1) is 0 Å². The maximum absolute atomic E-state index is 12.5. The maximum Gasteiger partial charge on any atom is 0.224 e. The number of fused-ring (bicyclic) bond motifs is 1. The molecule has 1 heterocycles. The number of benzene rings is 2. The van der Waals surface area contributed by atoms with Gasteiger partial charge >= 0.3 is 0 Å². The summed E-state index contributed by atoms with van der Waals surface area (Å²) in [5.74, 6) is 2.30. The molecule has 1 amide bonds. The predicted octanol–water partition coefficient (Wildman–Crippen LogP) is 5.65. The summed E-state index contributed by atoms with van der Waals surface area (Å²) in [4.78, 5) is 24.9. The van der Waals surface area contributed by atoms with Gasteiger partial charge in [0.15, 0.2) is 5.78 Å². The van der Waals surface area contributed by atoms with Gasteiger partial charge in [-0.1, -0.05) is 24.3 Å². The van der Waals surface area contributed by atoms with Crippen molar-refractivity contribution in [2.75, 3.05) is 16.8 Å². The van der Waals surface area contributed by atoms with Gasteiger partial charge in [-0.3, -0.25) is 9.59 Å². The number of amides is 1. The lowest BCUT2D eigenvalue weighted by Crippen LogP contribution is -2.14. The minimum Gasteiger partial charge on any atom is -0.326 e. The zero-order valence-electron chi connectivity index (χ0n) is 15.9. The Morgan fingerprint density at radius 2 is 1.71 bits per heavy atom. The molecular weight excluding hydrogens is 386 g/mol. The second-order valence-corrected chi connectivity index (χ2v) is 10.1. The average Bonchev–Trinajstić information content (AvgIpc) is 3.27. The first-order valence-electron chi connectivity index (χ1n) is 9.97. The summed E-state index contributed by atoms with van der Waals surface area (Å²) in [5.41, 5.74) is 5.48. The van der Waals surface area contributed by atoms with Gasteiger partial charge in [0.2, 0.25) is 5.91 Å². The van der Waals surface area contributed by atoms with E-state index < -0.39 is 0 Å². The predicted molar refractivity (Wildman–Crippen MR) is 119 cm³/mol. The van der Waals surface area contributed by atoms with Crippen LogP contribution in [-0.2, 0) is 17.6 Å². The van der Waals surface area contributed by atoms with Crippen molar-refractivity contribution >= 4 is 40.9 Å². The second kappa shape index (κ2) is 9.19. The Labute approximate surface area is 175 Å². The van der Waals surface area contributed by atoms with Gasteiger partial charge in [0.05, 0.1) is 4.58 Å². The van der Waals surface area contributed by atoms with Gasteiger partial charge in [-0.15, -0.1) is 23.5 Å². The molecule has 0 aromatic heterocycles. The van der Waals surface area contributed by atoms with Gasteiger partial charge in [-0.2, -0.15) is 0 Å². The van der Waals surface area contributed by atoms with Crippen molar-refractivity contribution in [3.63, 3.8) is 0 Å². The van der Waals surface area contributed by atoms with Crippen LogP contribution in [0.2, 0.25) is 0 Å². The molecule has 0 atom stereocenters. The number of carbonyl (C=O) groups excluding carboxylic acids is 2. The van der Waals surface area contributed by atoms with Gasteiger partial charge in [-0.05, 0) is 60.6 Å². The van der Waals surface area contributed by atoms with Crippen molar-refractivity contribution in [1.82, 2.24) is 0 Å². The number of thioether (sulfide) groups is 2. The molecule has 0 saturated carbocycles. The molecule has 2 aromatic rings. The van der Waals surface area contributed by atoms with Gasteiger partial charge in [0.25, 0.3) is 0 Å². The summed E-state index contributed by atoms with van der Waals surface area (Å²) in [6.07, 6.45) is 5.07. The molecule has 3 nitrogen and oxygen atoms in total.